The zero-order valence-electron chi connectivity index (χ0n) is 9.85. The third-order valence-electron chi connectivity index (χ3n) is 2.44. The molecule has 0 aromatic heterocycles. The van der Waals surface area contributed by atoms with E-state index < -0.39 is 0 Å². The second-order valence-electron chi connectivity index (χ2n) is 3.66. The van der Waals surface area contributed by atoms with Gasteiger partial charge in [0.15, 0.2) is 0 Å². The number of nitrogens with one attached hydrogen (secondary N) is 1. The molecule has 16 heavy (non-hydrogen) atoms. The molecular formula is C13H18BrNO. The molecule has 0 amide bonds. The first-order valence-electron chi connectivity index (χ1n) is 5.35. The normalized spacial score (nSPS) is 10.2. The second-order valence-corrected chi connectivity index (χ2v) is 4.51. The molecule has 0 unspecified atom stereocenters. The van der Waals surface area contributed by atoms with Crippen LogP contribution in [-0.2, 0) is 11.3 Å². The molecule has 0 saturated heterocycles. The molecule has 2 nitrogen and oxygen atoms in total. The minimum Gasteiger partial charge on any atom is -0.381 e. The van der Waals surface area contributed by atoms with E-state index in [2.05, 4.69) is 40.8 Å². The summed E-state index contributed by atoms with van der Waals surface area (Å²) in [5.74, 6) is 0. The highest BCUT2D eigenvalue weighted by molar-refractivity contribution is 9.10. The van der Waals surface area contributed by atoms with Crippen molar-refractivity contribution < 1.29 is 4.74 Å². The number of halogens is 1. The van der Waals surface area contributed by atoms with Crippen molar-refractivity contribution in [3.05, 3.63) is 40.4 Å². The summed E-state index contributed by atoms with van der Waals surface area (Å²) in [4.78, 5) is 0. The van der Waals surface area contributed by atoms with E-state index in [4.69, 9.17) is 4.74 Å². The molecule has 0 heterocycles. The standard InChI is InChI=1S/C13H18BrNO/c1-4-10(2)8-15-13-7-5-6-12(14)11(13)9-16-3/h5-7,15H,2,4,8-9H2,1,3H3. The molecule has 0 bridgehead atoms. The fraction of sp³-hybridized carbons (Fsp3) is 0.385. The summed E-state index contributed by atoms with van der Waals surface area (Å²) in [6.45, 7) is 7.50. The van der Waals surface area contributed by atoms with Gasteiger partial charge in [-0.05, 0) is 18.6 Å². The minimum atomic E-state index is 0.600. The van der Waals surface area contributed by atoms with E-state index >= 15 is 0 Å². The number of ether oxygens (including phenoxy) is 1. The smallest absolute Gasteiger partial charge is 0.0744 e. The van der Waals surface area contributed by atoms with E-state index in [9.17, 15) is 0 Å². The molecule has 0 aliphatic heterocycles. The highest BCUT2D eigenvalue weighted by atomic mass is 79.9. The Bertz CT molecular complexity index is 363. The fourth-order valence-electron chi connectivity index (χ4n) is 1.36. The molecule has 1 rings (SSSR count). The molecule has 0 aliphatic rings. The van der Waals surface area contributed by atoms with E-state index in [1.165, 1.54) is 5.57 Å². The molecule has 88 valence electrons. The van der Waals surface area contributed by atoms with Crippen LogP contribution in [0, 0.1) is 0 Å². The van der Waals surface area contributed by atoms with Crippen LogP contribution in [-0.4, -0.2) is 13.7 Å². The van der Waals surface area contributed by atoms with Crippen LogP contribution in [0.5, 0.6) is 0 Å². The van der Waals surface area contributed by atoms with Crippen LogP contribution in [0.1, 0.15) is 18.9 Å². The van der Waals surface area contributed by atoms with Crippen LogP contribution in [0.2, 0.25) is 0 Å². The van der Waals surface area contributed by atoms with Crippen LogP contribution in [0.25, 0.3) is 0 Å². The topological polar surface area (TPSA) is 21.3 Å². The van der Waals surface area contributed by atoms with Crippen molar-refractivity contribution in [1.82, 2.24) is 0 Å². The van der Waals surface area contributed by atoms with Crippen LogP contribution < -0.4 is 5.32 Å². The Morgan fingerprint density at radius 2 is 2.25 bits per heavy atom. The van der Waals surface area contributed by atoms with Gasteiger partial charge in [-0.25, -0.2) is 0 Å². The van der Waals surface area contributed by atoms with Gasteiger partial charge < -0.3 is 10.1 Å². The van der Waals surface area contributed by atoms with E-state index in [1.54, 1.807) is 7.11 Å². The number of hydrogen-bond donors (Lipinski definition) is 1. The molecule has 0 spiro atoms. The summed E-state index contributed by atoms with van der Waals surface area (Å²) < 4.78 is 6.26. The predicted octanol–water partition coefficient (Wildman–Crippen LogP) is 3.97. The maximum absolute atomic E-state index is 5.19. The van der Waals surface area contributed by atoms with Gasteiger partial charge in [-0.1, -0.05) is 41.1 Å². The van der Waals surface area contributed by atoms with Crippen molar-refractivity contribution >= 4 is 21.6 Å². The van der Waals surface area contributed by atoms with E-state index in [-0.39, 0.29) is 0 Å². The van der Waals surface area contributed by atoms with Crippen molar-refractivity contribution in [1.29, 1.82) is 0 Å². The first-order valence-corrected chi connectivity index (χ1v) is 6.15. The molecule has 0 fully saturated rings. The first kappa shape index (κ1) is 13.3. The SMILES string of the molecule is C=C(CC)CNc1cccc(Br)c1COC. The van der Waals surface area contributed by atoms with Crippen molar-refractivity contribution in [3.8, 4) is 0 Å². The molecule has 0 atom stereocenters. The lowest BCUT2D eigenvalue weighted by atomic mass is 10.1. The lowest BCUT2D eigenvalue weighted by Gasteiger charge is -2.13. The summed E-state index contributed by atoms with van der Waals surface area (Å²) in [5.41, 5.74) is 3.45. The number of hydrogen-bond acceptors (Lipinski definition) is 2. The Morgan fingerprint density at radius 1 is 1.50 bits per heavy atom. The Labute approximate surface area is 106 Å². The van der Waals surface area contributed by atoms with Gasteiger partial charge >= 0.3 is 0 Å². The van der Waals surface area contributed by atoms with E-state index in [0.717, 1.165) is 28.7 Å². The predicted molar refractivity (Wildman–Crippen MR) is 72.8 cm³/mol. The Kier molecular flexibility index (Phi) is 5.56. The van der Waals surface area contributed by atoms with Crippen molar-refractivity contribution in [2.75, 3.05) is 19.0 Å². The van der Waals surface area contributed by atoms with Gasteiger partial charge in [0.05, 0.1) is 6.61 Å². The van der Waals surface area contributed by atoms with Crippen molar-refractivity contribution in [2.24, 2.45) is 0 Å². The molecular weight excluding hydrogens is 266 g/mol. The molecule has 0 radical (unpaired) electrons. The quantitative estimate of drug-likeness (QED) is 0.798. The summed E-state index contributed by atoms with van der Waals surface area (Å²) in [6, 6.07) is 6.09. The lowest BCUT2D eigenvalue weighted by Crippen LogP contribution is -2.06. The zero-order chi connectivity index (χ0) is 12.0. The van der Waals surface area contributed by atoms with E-state index in [1.807, 2.05) is 12.1 Å². The first-order chi connectivity index (χ1) is 7.69. The van der Waals surface area contributed by atoms with Gasteiger partial charge in [-0.15, -0.1) is 0 Å². The largest absolute Gasteiger partial charge is 0.381 e. The average Bonchev–Trinajstić information content (AvgIpc) is 2.29. The van der Waals surface area contributed by atoms with Crippen LogP contribution in [0.3, 0.4) is 0 Å². The molecule has 0 saturated carbocycles. The highest BCUT2D eigenvalue weighted by Crippen LogP contribution is 2.25. The van der Waals surface area contributed by atoms with E-state index in [0.29, 0.717) is 6.61 Å². The summed E-state index contributed by atoms with van der Waals surface area (Å²) in [7, 11) is 1.70. The van der Waals surface area contributed by atoms with Gasteiger partial charge in [-0.2, -0.15) is 0 Å². The van der Waals surface area contributed by atoms with Crippen LogP contribution in [0.15, 0.2) is 34.8 Å². The summed E-state index contributed by atoms with van der Waals surface area (Å²) in [5, 5.41) is 3.38. The zero-order valence-corrected chi connectivity index (χ0v) is 11.4. The maximum atomic E-state index is 5.19. The Balaban J connectivity index is 2.78. The summed E-state index contributed by atoms with van der Waals surface area (Å²) in [6.07, 6.45) is 1.00. The Morgan fingerprint density at radius 3 is 2.88 bits per heavy atom. The molecule has 3 heteroatoms. The molecule has 1 aromatic rings. The Hall–Kier alpha value is -0.800. The molecule has 1 aromatic carbocycles. The number of methoxy groups -OCH3 is 1. The molecule has 0 aliphatic carbocycles. The van der Waals surface area contributed by atoms with Crippen molar-refractivity contribution in [2.45, 2.75) is 20.0 Å². The van der Waals surface area contributed by atoms with Gasteiger partial charge in [-0.3, -0.25) is 0 Å². The number of rotatable bonds is 6. The highest BCUT2D eigenvalue weighted by Gasteiger charge is 2.05. The van der Waals surface area contributed by atoms with Crippen molar-refractivity contribution in [3.63, 3.8) is 0 Å². The summed E-state index contributed by atoms with van der Waals surface area (Å²) >= 11 is 3.53. The second kappa shape index (κ2) is 6.71. The van der Waals surface area contributed by atoms with Gasteiger partial charge in [0.2, 0.25) is 0 Å². The fourth-order valence-corrected chi connectivity index (χ4v) is 1.84. The van der Waals surface area contributed by atoms with Gasteiger partial charge in [0.1, 0.15) is 0 Å². The maximum Gasteiger partial charge on any atom is 0.0744 e. The number of benzene rings is 1. The monoisotopic (exact) mass is 283 g/mol. The molecule has 1 N–H and O–H groups in total. The van der Waals surface area contributed by atoms with Gasteiger partial charge in [0, 0.05) is 29.4 Å². The third-order valence-corrected chi connectivity index (χ3v) is 3.18. The van der Waals surface area contributed by atoms with Gasteiger partial charge in [0.25, 0.3) is 0 Å². The van der Waals surface area contributed by atoms with Crippen LogP contribution >= 0.6 is 15.9 Å². The number of anilines is 1. The lowest BCUT2D eigenvalue weighted by molar-refractivity contribution is 0.185. The van der Waals surface area contributed by atoms with Crippen LogP contribution in [0.4, 0.5) is 5.69 Å². The minimum absolute atomic E-state index is 0.600. The average molecular weight is 284 g/mol. The third kappa shape index (κ3) is 3.65.